The van der Waals surface area contributed by atoms with Gasteiger partial charge in [0.2, 0.25) is 0 Å². The topological polar surface area (TPSA) is 270 Å². The molecule has 6 atom stereocenters. The Morgan fingerprint density at radius 2 is 0.771 bits per heavy atom. The number of anilines is 3. The Hall–Kier alpha value is -8.71. The molecule has 0 amide bonds. The zero-order valence-electron chi connectivity index (χ0n) is 70.7. The summed E-state index contributed by atoms with van der Waals surface area (Å²) in [7, 11) is -4.94. The number of rotatable bonds is 31. The summed E-state index contributed by atoms with van der Waals surface area (Å²) in [6.07, 6.45) is 22.2. The maximum Gasteiger partial charge on any atom is 0.165 e. The molecule has 2 N–H and O–H groups in total. The van der Waals surface area contributed by atoms with Gasteiger partial charge in [-0.3, -0.25) is 15.0 Å². The van der Waals surface area contributed by atoms with Gasteiger partial charge in [-0.2, -0.15) is 44.6 Å². The Bertz CT molecular complexity index is 5580. The van der Waals surface area contributed by atoms with E-state index in [4.69, 9.17) is 65.1 Å². The predicted octanol–water partition coefficient (Wildman–Crippen LogP) is 22.2. The predicted molar refractivity (Wildman–Crippen MR) is 493 cm³/mol. The number of hydrogen-bond donors (Lipinski definition) is 1. The third kappa shape index (κ3) is 22.1. The van der Waals surface area contributed by atoms with Crippen molar-refractivity contribution < 1.29 is 18.9 Å². The second-order valence-electron chi connectivity index (χ2n) is 37.2. The molecule has 9 heterocycles. The molecule has 0 bridgehead atoms. The fraction of sp³-hybridized carbons (Fsp3) is 0.467. The number of benzene rings is 3. The van der Waals surface area contributed by atoms with Gasteiger partial charge in [-0.05, 0) is 168 Å². The number of ether oxygens (including phenoxy) is 4. The van der Waals surface area contributed by atoms with Gasteiger partial charge in [0, 0.05) is 176 Å². The van der Waals surface area contributed by atoms with Crippen LogP contribution in [-0.4, -0.2) is 144 Å². The normalized spacial score (nSPS) is 17.8. The Labute approximate surface area is 715 Å². The van der Waals surface area contributed by atoms with Crippen molar-refractivity contribution in [2.75, 3.05) is 68.9 Å². The molecule has 3 fully saturated rings. The smallest absolute Gasteiger partial charge is 0.165 e. The first kappa shape index (κ1) is 87.1. The molecule has 3 aliphatic carbocycles. The zero-order chi connectivity index (χ0) is 83.5. The van der Waals surface area contributed by atoms with Crippen LogP contribution in [0.4, 0.5) is 17.5 Å². The Balaban J connectivity index is 0.000000157. The van der Waals surface area contributed by atoms with Crippen LogP contribution in [0.2, 0.25) is 103 Å². The number of pyridine rings is 3. The zero-order valence-corrected chi connectivity index (χ0v) is 77.9. The fourth-order valence-corrected chi connectivity index (χ4v) is 20.4. The summed E-state index contributed by atoms with van der Waals surface area (Å²) in [5, 5.41) is 45.3. The lowest BCUT2D eigenvalue weighted by Gasteiger charge is -2.28. The Kier molecular flexibility index (Phi) is 28.6. The van der Waals surface area contributed by atoms with Gasteiger partial charge in [0.25, 0.3) is 0 Å². The second kappa shape index (κ2) is 38.8. The lowest BCUT2D eigenvalue weighted by atomic mass is 9.99. The summed E-state index contributed by atoms with van der Waals surface area (Å²) in [4.78, 5) is 33.9. The number of nitrogens with two attached hydrogens (primary N) is 1. The van der Waals surface area contributed by atoms with E-state index in [0.717, 1.165) is 216 Å². The van der Waals surface area contributed by atoms with Crippen LogP contribution in [0.3, 0.4) is 0 Å². The fourth-order valence-electron chi connectivity index (χ4n) is 15.9. The van der Waals surface area contributed by atoms with Crippen molar-refractivity contribution >= 4 is 131 Å². The van der Waals surface area contributed by atoms with E-state index in [9.17, 15) is 10.5 Å². The number of halogens is 2. The molecular weight excluding hydrogens is 1670 g/mol. The Morgan fingerprint density at radius 1 is 0.424 bits per heavy atom. The minimum absolute atomic E-state index is 0.251. The number of para-hydroxylation sites is 3. The lowest BCUT2D eigenvalue weighted by Crippen LogP contribution is -2.34. The first-order valence-corrected chi connectivity index (χ1v) is 58.3. The molecule has 3 aliphatic rings. The molecule has 118 heavy (non-hydrogen) atoms. The third-order valence-electron chi connectivity index (χ3n) is 23.0. The van der Waals surface area contributed by atoms with Gasteiger partial charge in [0.05, 0.1) is 73.7 Å². The van der Waals surface area contributed by atoms with Crippen LogP contribution in [0.15, 0.2) is 143 Å². The van der Waals surface area contributed by atoms with E-state index in [1.807, 2.05) is 94.6 Å². The molecule has 15 rings (SSSR count). The van der Waals surface area contributed by atoms with E-state index in [1.54, 1.807) is 10.7 Å². The summed E-state index contributed by atoms with van der Waals surface area (Å²) in [6, 6.07) is 44.5. The molecule has 6 unspecified atom stereocenters. The first-order chi connectivity index (χ1) is 56.6. The number of hydrogen-bond acceptors (Lipinski definition) is 19. The molecule has 3 aromatic carbocycles. The summed E-state index contributed by atoms with van der Waals surface area (Å²) in [6.45, 7) is 33.0. The highest BCUT2D eigenvalue weighted by Gasteiger charge is 2.35. The van der Waals surface area contributed by atoms with E-state index in [1.165, 1.54) is 0 Å². The molecule has 618 valence electrons. The molecule has 0 aliphatic heterocycles. The third-order valence-corrected chi connectivity index (χ3v) is 31.4. The highest BCUT2D eigenvalue weighted by Crippen LogP contribution is 2.47. The minimum atomic E-state index is -1.25. The number of nitrogens with zero attached hydrogens (tertiary/aromatic N) is 17. The van der Waals surface area contributed by atoms with Crippen molar-refractivity contribution in [3.8, 4) is 51.6 Å². The number of fused-ring (bicyclic) bond motifs is 6. The van der Waals surface area contributed by atoms with Crippen LogP contribution in [0.5, 0.6) is 0 Å². The molecule has 22 nitrogen and oxygen atoms in total. The number of nitrogen functional groups attached to an aromatic ring is 1. The highest BCUT2D eigenvalue weighted by molar-refractivity contribution is 9.11. The van der Waals surface area contributed by atoms with Gasteiger partial charge in [-0.1, -0.05) is 133 Å². The average Bonchev–Trinajstić information content (AvgIpc) is 1.58. The quantitative estimate of drug-likeness (QED) is 0.0240. The summed E-state index contributed by atoms with van der Waals surface area (Å²) in [5.41, 5.74) is 20.4. The van der Waals surface area contributed by atoms with Crippen LogP contribution in [0.25, 0.3) is 83.0 Å². The molecule has 3 saturated carbocycles. The summed E-state index contributed by atoms with van der Waals surface area (Å²) in [5.74, 6) is 4.47. The molecular formula is C90H114Br2N18O4Si4. The van der Waals surface area contributed by atoms with E-state index < -0.39 is 32.3 Å². The molecule has 0 radical (unpaired) electrons. The van der Waals surface area contributed by atoms with E-state index in [-0.39, 0.29) is 5.92 Å². The second-order valence-corrected chi connectivity index (χ2v) is 61.3. The molecule has 0 saturated heterocycles. The van der Waals surface area contributed by atoms with Crippen LogP contribution >= 0.6 is 31.9 Å². The van der Waals surface area contributed by atoms with Gasteiger partial charge in [0.15, 0.2) is 22.8 Å². The van der Waals surface area contributed by atoms with Crippen LogP contribution in [0.1, 0.15) is 112 Å². The largest absolute Gasteiger partial charge is 0.383 e. The monoisotopic (exact) mass is 1780 g/mol. The maximum absolute atomic E-state index is 9.39. The molecule has 0 spiro atoms. The van der Waals surface area contributed by atoms with Crippen molar-refractivity contribution in [1.82, 2.24) is 58.7 Å². The van der Waals surface area contributed by atoms with Gasteiger partial charge in [0.1, 0.15) is 38.6 Å². The van der Waals surface area contributed by atoms with Gasteiger partial charge in [-0.25, -0.2) is 15.0 Å². The van der Waals surface area contributed by atoms with Gasteiger partial charge >= 0.3 is 0 Å². The van der Waals surface area contributed by atoms with Crippen LogP contribution < -0.4 is 15.5 Å². The standard InChI is InChI=1S/C34H47BrN6O2Si2.C34H48N6O2Si2.C22H19BrN6/c1-44(2,3)17-15-42-23-40(24-43-16-18-45(4,5)6)34-31(35)32(27-12-11-25(19-27)13-14-36)39-33-29(22-38-41(33)34)28-20-26-9-7-8-10-30(26)37-21-28;1-43(2,3)17-15-41-24-39(25-42-16-18-44(4,5)6)33-21-32(28-12-11-26(19-28)13-14-35)38-34-30(23-37-40(33)34)29-20-27-9-7-8-10-31(27)36-22-29;23-19-20(15-6-5-13(9-15)7-8-24)28-22-17(12-27-29(22)21(19)25)16-10-14-3-1-2-4-18(14)26-11-16/h7-10,20-22,25,27H,11-13,15-19,23-24H2,1-6H3;7-10,20-23,26,28H,11-13,15-19,24-25H2,1-6H3;1-4,10-13,15H,5-7,9,25H2. The van der Waals surface area contributed by atoms with Crippen LogP contribution in [-0.2, 0) is 18.9 Å². The van der Waals surface area contributed by atoms with Crippen molar-refractivity contribution in [3.05, 3.63) is 160 Å². The SMILES string of the molecule is C[Si](C)(C)CCOCN(COCC[Si](C)(C)C)c1c(Br)c(C2CCC(CC#N)C2)nc2c(-c3cnc4ccccc4c3)cnn12.C[Si](C)(C)CCOCN(COCC[Si](C)(C)C)c1cc(C2CCC(CC#N)C2)nc2c(-c3cnc4ccccc4c3)cnn12.N#CCC1CCC(c2nc3c(-c4cnc5ccccc5c4)cnn3c(N)c2Br)C1. The number of nitriles is 3. The summed E-state index contributed by atoms with van der Waals surface area (Å²) < 4.78 is 32.6. The maximum atomic E-state index is 9.39. The average molecular weight is 1780 g/mol. The highest BCUT2D eigenvalue weighted by atomic mass is 79.9. The van der Waals surface area contributed by atoms with E-state index >= 15 is 0 Å². The molecule has 28 heteroatoms. The summed E-state index contributed by atoms with van der Waals surface area (Å²) >= 11 is 7.65. The van der Waals surface area contributed by atoms with Gasteiger partial charge in [-0.15, -0.1) is 0 Å². The molecule has 9 aromatic heterocycles. The first-order valence-electron chi connectivity index (χ1n) is 41.9. The van der Waals surface area contributed by atoms with E-state index in [0.29, 0.717) is 94.8 Å². The minimum Gasteiger partial charge on any atom is -0.383 e. The van der Waals surface area contributed by atoms with Crippen molar-refractivity contribution in [1.29, 1.82) is 15.8 Å². The number of aromatic nitrogens is 12. The van der Waals surface area contributed by atoms with Crippen molar-refractivity contribution in [3.63, 3.8) is 0 Å². The van der Waals surface area contributed by atoms with Crippen molar-refractivity contribution in [2.24, 2.45) is 17.8 Å². The van der Waals surface area contributed by atoms with Gasteiger partial charge < -0.3 is 34.5 Å². The molecule has 12 aromatic rings. The Morgan fingerprint density at radius 3 is 1.18 bits per heavy atom. The van der Waals surface area contributed by atoms with Crippen molar-refractivity contribution in [2.45, 2.75) is 198 Å². The van der Waals surface area contributed by atoms with E-state index in [2.05, 4.69) is 191 Å². The van der Waals surface area contributed by atoms with Crippen LogP contribution in [0, 0.1) is 51.7 Å². The lowest BCUT2D eigenvalue weighted by molar-refractivity contribution is 0.0939.